The summed E-state index contributed by atoms with van der Waals surface area (Å²) in [6.07, 6.45) is 0.638. The number of carbonyl (C=O) groups is 3. The average molecular weight is 406 g/mol. The summed E-state index contributed by atoms with van der Waals surface area (Å²) in [5.74, 6) is -0.801. The fourth-order valence-electron chi connectivity index (χ4n) is 4.04. The number of piperidine rings is 1. The van der Waals surface area contributed by atoms with Gasteiger partial charge in [-0.25, -0.2) is 0 Å². The largest absolute Gasteiger partial charge is 0.381 e. The van der Waals surface area contributed by atoms with Crippen molar-refractivity contribution in [3.05, 3.63) is 64.7 Å². The number of hydrogen-bond acceptors (Lipinski definition) is 5. The molecule has 2 aromatic carbocycles. The van der Waals surface area contributed by atoms with Crippen molar-refractivity contribution in [1.29, 1.82) is 0 Å². The molecule has 1 saturated heterocycles. The quantitative estimate of drug-likeness (QED) is 0.613. The Morgan fingerprint density at radius 1 is 1.10 bits per heavy atom. The van der Waals surface area contributed by atoms with Gasteiger partial charge in [0.1, 0.15) is 6.04 Å². The maximum Gasteiger partial charge on any atom is 0.255 e. The van der Waals surface area contributed by atoms with Crippen LogP contribution in [0.3, 0.4) is 0 Å². The van der Waals surface area contributed by atoms with Crippen LogP contribution in [-0.2, 0) is 29.2 Å². The standard InChI is InChI=1S/C23H26N4O3/c1-2-24-13-16-5-3-4-6-19(16)25-12-15-7-8-18-17(11-15)14-27(23(18)30)20-9-10-21(28)26-22(20)29/h3-8,11,20,24-25H,2,9-10,12-14H2,1H3,(H,26,28,29). The van der Waals surface area contributed by atoms with Crippen LogP contribution in [0.5, 0.6) is 0 Å². The third kappa shape index (κ3) is 4.07. The smallest absolute Gasteiger partial charge is 0.255 e. The van der Waals surface area contributed by atoms with Crippen molar-refractivity contribution in [1.82, 2.24) is 15.5 Å². The third-order valence-corrected chi connectivity index (χ3v) is 5.65. The molecule has 3 N–H and O–H groups in total. The van der Waals surface area contributed by atoms with Gasteiger partial charge in [-0.1, -0.05) is 37.3 Å². The summed E-state index contributed by atoms with van der Waals surface area (Å²) < 4.78 is 0. The highest BCUT2D eigenvalue weighted by Crippen LogP contribution is 2.28. The molecule has 3 amide bonds. The van der Waals surface area contributed by atoms with Crippen LogP contribution in [0.1, 0.15) is 46.8 Å². The molecule has 0 aromatic heterocycles. The molecule has 0 saturated carbocycles. The molecule has 7 heteroatoms. The molecule has 2 aliphatic rings. The molecule has 1 atom stereocenters. The van der Waals surface area contributed by atoms with Gasteiger partial charge in [0.2, 0.25) is 11.8 Å². The number of anilines is 1. The van der Waals surface area contributed by atoms with Gasteiger partial charge < -0.3 is 15.5 Å². The van der Waals surface area contributed by atoms with Crippen molar-refractivity contribution in [3.8, 4) is 0 Å². The van der Waals surface area contributed by atoms with Gasteiger partial charge in [0.05, 0.1) is 0 Å². The maximum atomic E-state index is 12.8. The summed E-state index contributed by atoms with van der Waals surface area (Å²) in [5.41, 5.74) is 4.92. The van der Waals surface area contributed by atoms with E-state index < -0.39 is 6.04 Å². The zero-order valence-corrected chi connectivity index (χ0v) is 17.0. The SMILES string of the molecule is CCNCc1ccccc1NCc1ccc2c(c1)CN(C1CCC(=O)NC1=O)C2=O. The summed E-state index contributed by atoms with van der Waals surface area (Å²) in [6, 6.07) is 13.4. The topological polar surface area (TPSA) is 90.5 Å². The number of nitrogens with zero attached hydrogens (tertiary/aromatic N) is 1. The molecule has 2 heterocycles. The van der Waals surface area contributed by atoms with Crippen molar-refractivity contribution in [2.24, 2.45) is 0 Å². The number of benzene rings is 2. The van der Waals surface area contributed by atoms with Gasteiger partial charge in [0.15, 0.2) is 0 Å². The minimum Gasteiger partial charge on any atom is -0.381 e. The molecule has 156 valence electrons. The van der Waals surface area contributed by atoms with Gasteiger partial charge in [0.25, 0.3) is 5.91 Å². The second-order valence-electron chi connectivity index (χ2n) is 7.68. The van der Waals surface area contributed by atoms with E-state index in [1.54, 1.807) is 4.90 Å². The predicted octanol–water partition coefficient (Wildman–Crippen LogP) is 2.17. The van der Waals surface area contributed by atoms with Crippen molar-refractivity contribution in [2.45, 2.75) is 45.4 Å². The molecule has 0 aliphatic carbocycles. The highest BCUT2D eigenvalue weighted by atomic mass is 16.2. The highest BCUT2D eigenvalue weighted by molar-refractivity contribution is 6.05. The van der Waals surface area contributed by atoms with Crippen LogP contribution in [0.25, 0.3) is 0 Å². The van der Waals surface area contributed by atoms with E-state index in [0.717, 1.165) is 29.9 Å². The minimum absolute atomic E-state index is 0.144. The van der Waals surface area contributed by atoms with Crippen LogP contribution < -0.4 is 16.0 Å². The molecule has 2 aliphatic heterocycles. The monoisotopic (exact) mass is 406 g/mol. The Balaban J connectivity index is 1.45. The van der Waals surface area contributed by atoms with Crippen molar-refractivity contribution in [2.75, 3.05) is 11.9 Å². The number of imide groups is 1. The van der Waals surface area contributed by atoms with E-state index in [0.29, 0.717) is 25.1 Å². The first kappa shape index (κ1) is 20.1. The molecule has 30 heavy (non-hydrogen) atoms. The van der Waals surface area contributed by atoms with Crippen LogP contribution in [-0.4, -0.2) is 35.2 Å². The van der Waals surface area contributed by atoms with Crippen molar-refractivity contribution < 1.29 is 14.4 Å². The molecule has 1 unspecified atom stereocenters. The van der Waals surface area contributed by atoms with Crippen molar-refractivity contribution in [3.63, 3.8) is 0 Å². The van der Waals surface area contributed by atoms with Crippen LogP contribution in [0.2, 0.25) is 0 Å². The Morgan fingerprint density at radius 3 is 2.73 bits per heavy atom. The van der Waals surface area contributed by atoms with Crippen LogP contribution in [0.15, 0.2) is 42.5 Å². The summed E-state index contributed by atoms with van der Waals surface area (Å²) in [7, 11) is 0. The Kier molecular flexibility index (Phi) is 5.81. The second kappa shape index (κ2) is 8.67. The first-order valence-electron chi connectivity index (χ1n) is 10.4. The van der Waals surface area contributed by atoms with E-state index in [4.69, 9.17) is 0 Å². The number of para-hydroxylation sites is 1. The van der Waals surface area contributed by atoms with E-state index >= 15 is 0 Å². The Hall–Kier alpha value is -3.19. The first-order chi connectivity index (χ1) is 14.6. The summed E-state index contributed by atoms with van der Waals surface area (Å²) in [5, 5.41) is 9.17. The molecule has 0 bridgehead atoms. The van der Waals surface area contributed by atoms with Gasteiger partial charge >= 0.3 is 0 Å². The Labute approximate surface area is 175 Å². The van der Waals surface area contributed by atoms with E-state index in [9.17, 15) is 14.4 Å². The normalized spacial score (nSPS) is 18.4. The summed E-state index contributed by atoms with van der Waals surface area (Å²) in [4.78, 5) is 38.0. The minimum atomic E-state index is -0.581. The van der Waals surface area contributed by atoms with E-state index in [1.807, 2.05) is 30.3 Å². The number of amides is 3. The molecular weight excluding hydrogens is 380 g/mol. The van der Waals surface area contributed by atoms with Crippen LogP contribution in [0, 0.1) is 0 Å². The molecule has 0 spiro atoms. The predicted molar refractivity (Wildman–Crippen MR) is 114 cm³/mol. The average Bonchev–Trinajstić information content (AvgIpc) is 3.07. The molecule has 1 fully saturated rings. The molecule has 4 rings (SSSR count). The lowest BCUT2D eigenvalue weighted by atomic mass is 10.0. The number of carbonyl (C=O) groups excluding carboxylic acids is 3. The third-order valence-electron chi connectivity index (χ3n) is 5.65. The molecule has 0 radical (unpaired) electrons. The van der Waals surface area contributed by atoms with Gasteiger partial charge in [-0.05, 0) is 41.8 Å². The summed E-state index contributed by atoms with van der Waals surface area (Å²) in [6.45, 7) is 4.84. The van der Waals surface area contributed by atoms with Gasteiger partial charge in [-0.3, -0.25) is 19.7 Å². The van der Waals surface area contributed by atoms with Gasteiger partial charge in [-0.15, -0.1) is 0 Å². The number of nitrogens with one attached hydrogen (secondary N) is 3. The zero-order valence-electron chi connectivity index (χ0n) is 17.0. The van der Waals surface area contributed by atoms with E-state index in [2.05, 4.69) is 35.0 Å². The fourth-order valence-corrected chi connectivity index (χ4v) is 4.04. The lowest BCUT2D eigenvalue weighted by molar-refractivity contribution is -0.136. The molecule has 7 nitrogen and oxygen atoms in total. The Morgan fingerprint density at radius 2 is 1.93 bits per heavy atom. The van der Waals surface area contributed by atoms with E-state index in [-0.39, 0.29) is 24.1 Å². The Bertz CT molecular complexity index is 988. The van der Waals surface area contributed by atoms with Crippen molar-refractivity contribution >= 4 is 23.4 Å². The van der Waals surface area contributed by atoms with Crippen LogP contribution in [0.4, 0.5) is 5.69 Å². The maximum absolute atomic E-state index is 12.8. The number of fused-ring (bicyclic) bond motifs is 1. The lowest BCUT2D eigenvalue weighted by Gasteiger charge is -2.29. The lowest BCUT2D eigenvalue weighted by Crippen LogP contribution is -2.52. The van der Waals surface area contributed by atoms with Crippen LogP contribution >= 0.6 is 0 Å². The highest BCUT2D eigenvalue weighted by Gasteiger charge is 2.38. The summed E-state index contributed by atoms with van der Waals surface area (Å²) >= 11 is 0. The molecule has 2 aromatic rings. The second-order valence-corrected chi connectivity index (χ2v) is 7.68. The number of rotatable bonds is 7. The van der Waals surface area contributed by atoms with E-state index in [1.165, 1.54) is 5.56 Å². The van der Waals surface area contributed by atoms with Gasteiger partial charge in [-0.2, -0.15) is 0 Å². The fraction of sp³-hybridized carbons (Fsp3) is 0.348. The molecular formula is C23H26N4O3. The van der Waals surface area contributed by atoms with Gasteiger partial charge in [0, 0.05) is 37.3 Å². The number of hydrogen-bond donors (Lipinski definition) is 3. The first-order valence-corrected chi connectivity index (χ1v) is 10.4. The zero-order chi connectivity index (χ0) is 21.1.